The summed E-state index contributed by atoms with van der Waals surface area (Å²) in [6, 6.07) is 0. The minimum atomic E-state index is -5.35. The van der Waals surface area contributed by atoms with E-state index in [1.54, 1.807) is 0 Å². The summed E-state index contributed by atoms with van der Waals surface area (Å²) in [5.74, 6) is -1.19. The number of aromatic nitrogens is 4. The van der Waals surface area contributed by atoms with Gasteiger partial charge in [-0.2, -0.15) is 14.3 Å². The molecular formula is C12H18ClN7O11P2. The summed E-state index contributed by atoms with van der Waals surface area (Å²) in [6.45, 7) is -0.885. The number of nitrogen functional groups attached to an aromatic ring is 1. The van der Waals surface area contributed by atoms with E-state index in [0.29, 0.717) is 0 Å². The summed E-state index contributed by atoms with van der Waals surface area (Å²) < 4.78 is 37.0. The van der Waals surface area contributed by atoms with Crippen molar-refractivity contribution in [3.05, 3.63) is 6.33 Å². The predicted octanol–water partition coefficient (Wildman–Crippen LogP) is -2.06. The molecule has 18 nitrogen and oxygen atoms in total. The molecule has 9 N–H and O–H groups in total. The van der Waals surface area contributed by atoms with Crippen molar-refractivity contribution in [3.63, 3.8) is 0 Å². The number of phosphoric ester groups is 1. The van der Waals surface area contributed by atoms with E-state index in [1.165, 1.54) is 4.57 Å². The summed E-state index contributed by atoms with van der Waals surface area (Å²) in [7, 11) is -10.6. The van der Waals surface area contributed by atoms with Crippen molar-refractivity contribution in [3.8, 4) is 0 Å². The minimum Gasteiger partial charge on any atom is -0.387 e. The fourth-order valence-corrected chi connectivity index (χ4v) is 4.46. The Kier molecular flexibility index (Phi) is 7.57. The molecule has 5 atom stereocenters. The number of rotatable bonds is 9. The second-order valence-electron chi connectivity index (χ2n) is 6.44. The van der Waals surface area contributed by atoms with Crippen molar-refractivity contribution in [2.75, 3.05) is 23.6 Å². The highest BCUT2D eigenvalue weighted by atomic mass is 35.5. The van der Waals surface area contributed by atoms with E-state index in [4.69, 9.17) is 31.9 Å². The first-order valence-electron chi connectivity index (χ1n) is 8.68. The van der Waals surface area contributed by atoms with Crippen molar-refractivity contribution in [2.45, 2.75) is 24.5 Å². The van der Waals surface area contributed by atoms with E-state index in [1.807, 2.05) is 0 Å². The molecule has 1 amide bonds. The number of nitrogens with zero attached hydrogens (tertiary/aromatic N) is 4. The van der Waals surface area contributed by atoms with Crippen LogP contribution in [0.3, 0.4) is 0 Å². The van der Waals surface area contributed by atoms with Crippen LogP contribution in [0.4, 0.5) is 11.8 Å². The molecule has 184 valence electrons. The molecule has 3 rings (SSSR count). The number of hydrogen-bond acceptors (Lipinski definition) is 13. The lowest BCUT2D eigenvalue weighted by atomic mass is 10.1. The summed E-state index contributed by atoms with van der Waals surface area (Å²) >= 11 is 5.40. The van der Waals surface area contributed by atoms with Crippen LogP contribution in [0.1, 0.15) is 6.23 Å². The molecule has 21 heteroatoms. The molecule has 2 aromatic rings. The van der Waals surface area contributed by atoms with Crippen LogP contribution in [0.25, 0.3) is 11.2 Å². The van der Waals surface area contributed by atoms with Crippen LogP contribution in [-0.4, -0.2) is 81.1 Å². The number of nitrogens with one attached hydrogen (secondary N) is 2. The van der Waals surface area contributed by atoms with Gasteiger partial charge in [0.05, 0.1) is 12.9 Å². The molecular weight excluding hydrogens is 516 g/mol. The number of amides is 1. The maximum atomic E-state index is 11.6. The maximum Gasteiger partial charge on any atom is 0.481 e. The Balaban J connectivity index is 1.80. The zero-order valence-corrected chi connectivity index (χ0v) is 18.7. The van der Waals surface area contributed by atoms with Gasteiger partial charge in [-0.1, -0.05) is 0 Å². The van der Waals surface area contributed by atoms with Gasteiger partial charge >= 0.3 is 15.6 Å². The molecule has 0 spiro atoms. The average Bonchev–Trinajstić information content (AvgIpc) is 3.24. The first-order valence-corrected chi connectivity index (χ1v) is 12.2. The lowest BCUT2D eigenvalue weighted by Crippen LogP contribution is -2.33. The number of ether oxygens (including phenoxy) is 1. The van der Waals surface area contributed by atoms with Gasteiger partial charge in [0, 0.05) is 0 Å². The molecule has 0 aromatic carbocycles. The highest BCUT2D eigenvalue weighted by molar-refractivity contribution is 7.60. The van der Waals surface area contributed by atoms with Gasteiger partial charge in [-0.3, -0.25) is 24.7 Å². The Morgan fingerprint density at radius 2 is 1.97 bits per heavy atom. The number of phosphoric acid groups is 2. The zero-order chi connectivity index (χ0) is 24.6. The van der Waals surface area contributed by atoms with Gasteiger partial charge in [0.1, 0.15) is 24.2 Å². The van der Waals surface area contributed by atoms with Gasteiger partial charge in [-0.15, -0.1) is 11.6 Å². The number of hydrazine groups is 1. The summed E-state index contributed by atoms with van der Waals surface area (Å²) in [4.78, 5) is 49.9. The Bertz CT molecular complexity index is 1130. The van der Waals surface area contributed by atoms with Crippen LogP contribution in [0, 0.1) is 0 Å². The number of carbonyl (C=O) groups excluding carboxylic acids is 1. The van der Waals surface area contributed by atoms with Gasteiger partial charge in [-0.25, -0.2) is 14.1 Å². The van der Waals surface area contributed by atoms with Gasteiger partial charge in [-0.05, 0) is 0 Å². The fourth-order valence-electron chi connectivity index (χ4n) is 2.79. The summed E-state index contributed by atoms with van der Waals surface area (Å²) in [5, 5.41) is 20.6. The van der Waals surface area contributed by atoms with Gasteiger partial charge in [0.2, 0.25) is 5.95 Å². The molecule has 1 saturated heterocycles. The normalized spacial score (nSPS) is 25.2. The first-order chi connectivity index (χ1) is 15.3. The van der Waals surface area contributed by atoms with Crippen molar-refractivity contribution in [2.24, 2.45) is 0 Å². The maximum absolute atomic E-state index is 11.6. The van der Waals surface area contributed by atoms with Crippen molar-refractivity contribution < 1.29 is 52.4 Å². The third kappa shape index (κ3) is 6.14. The highest BCUT2D eigenvalue weighted by Gasteiger charge is 2.46. The largest absolute Gasteiger partial charge is 0.481 e. The van der Waals surface area contributed by atoms with E-state index >= 15 is 0 Å². The number of alkyl halides is 1. The summed E-state index contributed by atoms with van der Waals surface area (Å²) in [6.07, 6.45) is -4.91. The van der Waals surface area contributed by atoms with Crippen LogP contribution in [0.2, 0.25) is 0 Å². The van der Waals surface area contributed by atoms with Gasteiger partial charge in [0.15, 0.2) is 23.2 Å². The van der Waals surface area contributed by atoms with E-state index in [-0.39, 0.29) is 28.8 Å². The number of carbonyl (C=O) groups is 1. The zero-order valence-electron chi connectivity index (χ0n) is 16.1. The van der Waals surface area contributed by atoms with E-state index < -0.39 is 52.7 Å². The minimum absolute atomic E-state index is 0.0144. The molecule has 0 bridgehead atoms. The molecule has 0 radical (unpaired) electrons. The molecule has 1 aliphatic rings. The number of aliphatic hydroxyl groups excluding tert-OH is 2. The van der Waals surface area contributed by atoms with Crippen molar-refractivity contribution >= 4 is 56.1 Å². The molecule has 1 fully saturated rings. The number of nitrogens with two attached hydrogens (primary N) is 1. The quantitative estimate of drug-likeness (QED) is 0.0976. The monoisotopic (exact) mass is 533 g/mol. The second kappa shape index (κ2) is 9.73. The van der Waals surface area contributed by atoms with E-state index in [0.717, 1.165) is 6.33 Å². The van der Waals surface area contributed by atoms with E-state index in [9.17, 15) is 29.0 Å². The van der Waals surface area contributed by atoms with Crippen molar-refractivity contribution in [1.82, 2.24) is 24.9 Å². The molecule has 2 aromatic heterocycles. The predicted molar refractivity (Wildman–Crippen MR) is 107 cm³/mol. The van der Waals surface area contributed by atoms with Gasteiger partial charge in [0.25, 0.3) is 5.91 Å². The van der Waals surface area contributed by atoms with Crippen LogP contribution in [0.15, 0.2) is 6.33 Å². The number of aliphatic hydroxyl groups is 2. The van der Waals surface area contributed by atoms with Crippen LogP contribution < -0.4 is 16.6 Å². The topological polar surface area (TPSA) is 274 Å². The first kappa shape index (κ1) is 25.7. The molecule has 0 aliphatic carbocycles. The smallest absolute Gasteiger partial charge is 0.387 e. The van der Waals surface area contributed by atoms with Crippen molar-refractivity contribution in [1.29, 1.82) is 0 Å². The molecule has 0 saturated carbocycles. The number of fused-ring (bicyclic) bond motifs is 1. The Morgan fingerprint density at radius 1 is 1.27 bits per heavy atom. The lowest BCUT2D eigenvalue weighted by Gasteiger charge is -2.17. The molecule has 1 unspecified atom stereocenters. The third-order valence-corrected chi connectivity index (χ3v) is 6.50. The average molecular weight is 534 g/mol. The molecule has 33 heavy (non-hydrogen) atoms. The standard InChI is InChI=1S/C12H18ClN7O11P2/c13-1-5(21)18-19-9-6-10(17-12(14)16-9)20(3-15-6)11-8(23)7(22)4(30-11)2-29-33(27,28)31-32(24,25)26/h3-4,7-8,11,22-23H,1-2H2,(H,18,21)(H,27,28)(H2,24,25,26)(H3,14,16,17,19)/t4-,7-,8-,11-/m1/s1. The second-order valence-corrected chi connectivity index (χ2v) is 9.54. The third-order valence-electron chi connectivity index (χ3n) is 4.10. The SMILES string of the molecule is Nc1nc(NNC(=O)CCl)c2ncn([C@@H]3O[C@H](COP(=O)(O)OP(=O)(O)O)[C@@H](O)[C@H]3O)c2n1. The fraction of sp³-hybridized carbons (Fsp3) is 0.500. The molecule has 1 aliphatic heterocycles. The van der Waals surface area contributed by atoms with Gasteiger partial charge < -0.3 is 35.4 Å². The number of hydrogen-bond donors (Lipinski definition) is 8. The highest BCUT2D eigenvalue weighted by Crippen LogP contribution is 2.57. The summed E-state index contributed by atoms with van der Waals surface area (Å²) in [5.41, 5.74) is 10.5. The Morgan fingerprint density at radius 3 is 2.61 bits per heavy atom. The number of imidazole rings is 1. The number of halogens is 1. The van der Waals surface area contributed by atoms with Crippen LogP contribution in [-0.2, 0) is 27.5 Å². The molecule has 3 heterocycles. The Hall–Kier alpha value is -1.95. The van der Waals surface area contributed by atoms with Crippen LogP contribution >= 0.6 is 27.2 Å². The van der Waals surface area contributed by atoms with Crippen LogP contribution in [0.5, 0.6) is 0 Å². The number of anilines is 2. The Labute approximate surface area is 188 Å². The van der Waals surface area contributed by atoms with E-state index in [2.05, 4.69) is 34.6 Å². The lowest BCUT2D eigenvalue weighted by molar-refractivity contribution is -0.118.